The van der Waals surface area contributed by atoms with E-state index in [0.717, 1.165) is 21.7 Å². The van der Waals surface area contributed by atoms with Gasteiger partial charge in [-0.2, -0.15) is 0 Å². The molecular weight excluding hydrogens is 270 g/mol. The molecule has 0 fully saturated rings. The van der Waals surface area contributed by atoms with Crippen LogP contribution in [0.25, 0.3) is 0 Å². The average molecular weight is 289 g/mol. The Bertz CT molecular complexity index is 594. The number of likely N-dealkylation sites (N-methyl/N-ethyl adjacent to an activating group) is 1. The molecule has 0 bridgehead atoms. The van der Waals surface area contributed by atoms with E-state index in [4.69, 9.17) is 5.73 Å². The maximum absolute atomic E-state index is 12.3. The lowest BCUT2D eigenvalue weighted by atomic mass is 10.0. The lowest BCUT2D eigenvalue weighted by molar-refractivity contribution is -0.129. The van der Waals surface area contributed by atoms with Gasteiger partial charge in [0.2, 0.25) is 5.91 Å². The molecular formula is C15H19N3OS. The van der Waals surface area contributed by atoms with Crippen molar-refractivity contribution in [2.75, 3.05) is 7.05 Å². The molecule has 0 aliphatic carbocycles. The molecule has 0 radical (unpaired) electrons. The van der Waals surface area contributed by atoms with Gasteiger partial charge in [-0.25, -0.2) is 4.98 Å². The fraction of sp³-hybridized carbons (Fsp3) is 0.333. The van der Waals surface area contributed by atoms with Crippen LogP contribution in [0.3, 0.4) is 0 Å². The number of benzene rings is 1. The average Bonchev–Trinajstić information content (AvgIpc) is 2.84. The van der Waals surface area contributed by atoms with Gasteiger partial charge in [0.15, 0.2) is 0 Å². The molecule has 5 heteroatoms. The zero-order chi connectivity index (χ0) is 14.5. The summed E-state index contributed by atoms with van der Waals surface area (Å²) >= 11 is 1.58. The van der Waals surface area contributed by atoms with Gasteiger partial charge in [-0.3, -0.25) is 4.79 Å². The maximum atomic E-state index is 12.3. The first-order valence-electron chi connectivity index (χ1n) is 6.51. The third-order valence-corrected chi connectivity index (χ3v) is 4.25. The predicted molar refractivity (Wildman–Crippen MR) is 81.4 cm³/mol. The van der Waals surface area contributed by atoms with Gasteiger partial charge >= 0.3 is 0 Å². The van der Waals surface area contributed by atoms with Gasteiger partial charge in [-0.15, -0.1) is 11.3 Å². The zero-order valence-electron chi connectivity index (χ0n) is 11.8. The fourth-order valence-corrected chi connectivity index (χ4v) is 2.84. The number of nitrogens with two attached hydrogens (primary N) is 1. The summed E-state index contributed by atoms with van der Waals surface area (Å²) in [6.07, 6.45) is 0.391. The number of thiazole rings is 1. The molecule has 2 rings (SSSR count). The quantitative estimate of drug-likeness (QED) is 0.917. The Morgan fingerprint density at radius 1 is 1.35 bits per heavy atom. The Hall–Kier alpha value is -1.72. The number of aryl methyl sites for hydroxylation is 1. The highest BCUT2D eigenvalue weighted by molar-refractivity contribution is 7.09. The Morgan fingerprint density at radius 3 is 2.65 bits per heavy atom. The molecule has 2 aromatic rings. The van der Waals surface area contributed by atoms with E-state index in [0.29, 0.717) is 19.5 Å². The van der Waals surface area contributed by atoms with Crippen LogP contribution in [-0.4, -0.2) is 22.8 Å². The van der Waals surface area contributed by atoms with Gasteiger partial charge in [-0.1, -0.05) is 24.3 Å². The predicted octanol–water partition coefficient (Wildman–Crippen LogP) is 2.11. The van der Waals surface area contributed by atoms with E-state index in [1.54, 1.807) is 16.2 Å². The molecule has 1 heterocycles. The summed E-state index contributed by atoms with van der Waals surface area (Å²) < 4.78 is 0. The van der Waals surface area contributed by atoms with Crippen molar-refractivity contribution in [2.24, 2.45) is 5.73 Å². The minimum atomic E-state index is 0.0960. The highest BCUT2D eigenvalue weighted by Crippen LogP contribution is 2.15. The molecule has 1 aromatic carbocycles. The zero-order valence-corrected chi connectivity index (χ0v) is 12.6. The summed E-state index contributed by atoms with van der Waals surface area (Å²) in [5, 5.41) is 0. The van der Waals surface area contributed by atoms with E-state index < -0.39 is 0 Å². The smallest absolute Gasteiger partial charge is 0.227 e. The summed E-state index contributed by atoms with van der Waals surface area (Å²) in [7, 11) is 1.83. The number of hydrogen-bond donors (Lipinski definition) is 1. The summed E-state index contributed by atoms with van der Waals surface area (Å²) in [5.41, 5.74) is 10.5. The highest BCUT2D eigenvalue weighted by atomic mass is 32.1. The minimum Gasteiger partial charge on any atom is -0.340 e. The van der Waals surface area contributed by atoms with Gasteiger partial charge in [0.1, 0.15) is 0 Å². The van der Waals surface area contributed by atoms with E-state index in [2.05, 4.69) is 4.98 Å². The first-order valence-corrected chi connectivity index (χ1v) is 7.39. The molecule has 4 nitrogen and oxygen atoms in total. The summed E-state index contributed by atoms with van der Waals surface area (Å²) in [6, 6.07) is 7.82. The monoisotopic (exact) mass is 289 g/mol. The molecule has 0 unspecified atom stereocenters. The number of carbonyl (C=O) groups is 1. The van der Waals surface area contributed by atoms with Gasteiger partial charge in [0.25, 0.3) is 0 Å². The summed E-state index contributed by atoms with van der Waals surface area (Å²) in [4.78, 5) is 19.4. The Morgan fingerprint density at radius 2 is 2.05 bits per heavy atom. The van der Waals surface area contributed by atoms with E-state index in [-0.39, 0.29) is 5.91 Å². The minimum absolute atomic E-state index is 0.0960. The third kappa shape index (κ3) is 3.43. The molecule has 1 amide bonds. The molecule has 106 valence electrons. The van der Waals surface area contributed by atoms with Crippen molar-refractivity contribution in [3.8, 4) is 0 Å². The largest absolute Gasteiger partial charge is 0.340 e. The number of hydrogen-bond acceptors (Lipinski definition) is 4. The second-order valence-electron chi connectivity index (χ2n) is 4.76. The van der Waals surface area contributed by atoms with Crippen LogP contribution in [0.5, 0.6) is 0 Å². The number of aromatic nitrogens is 1. The molecule has 0 spiro atoms. The SMILES string of the molecule is Cc1ncsc1CN(C)C(=O)Cc1ccccc1CN. The Kier molecular flexibility index (Phi) is 4.87. The molecule has 0 saturated carbocycles. The van der Waals surface area contributed by atoms with Crippen molar-refractivity contribution < 1.29 is 4.79 Å². The number of rotatable bonds is 5. The van der Waals surface area contributed by atoms with Crippen molar-refractivity contribution in [2.45, 2.75) is 26.4 Å². The first-order chi connectivity index (χ1) is 9.61. The van der Waals surface area contributed by atoms with Gasteiger partial charge in [0, 0.05) is 18.5 Å². The van der Waals surface area contributed by atoms with Crippen LogP contribution in [0, 0.1) is 6.92 Å². The first kappa shape index (κ1) is 14.7. The van der Waals surface area contributed by atoms with Crippen molar-refractivity contribution in [3.63, 3.8) is 0 Å². The van der Waals surface area contributed by atoms with Crippen molar-refractivity contribution in [1.29, 1.82) is 0 Å². The molecule has 1 aromatic heterocycles. The molecule has 2 N–H and O–H groups in total. The second-order valence-corrected chi connectivity index (χ2v) is 5.70. The summed E-state index contributed by atoms with van der Waals surface area (Å²) in [5.74, 6) is 0.0960. The van der Waals surface area contributed by atoms with E-state index in [1.807, 2.05) is 43.7 Å². The second kappa shape index (κ2) is 6.63. The fourth-order valence-electron chi connectivity index (χ4n) is 2.01. The van der Waals surface area contributed by atoms with Gasteiger partial charge in [0.05, 0.1) is 24.2 Å². The highest BCUT2D eigenvalue weighted by Gasteiger charge is 2.13. The lowest BCUT2D eigenvalue weighted by Crippen LogP contribution is -2.28. The van der Waals surface area contributed by atoms with Gasteiger partial charge < -0.3 is 10.6 Å². The van der Waals surface area contributed by atoms with Gasteiger partial charge in [-0.05, 0) is 18.1 Å². The third-order valence-electron chi connectivity index (χ3n) is 3.33. The van der Waals surface area contributed by atoms with Crippen molar-refractivity contribution in [3.05, 3.63) is 51.5 Å². The number of carbonyl (C=O) groups excluding carboxylic acids is 1. The molecule has 0 aliphatic heterocycles. The van der Waals surface area contributed by atoms with Crippen LogP contribution in [0.2, 0.25) is 0 Å². The van der Waals surface area contributed by atoms with Crippen molar-refractivity contribution in [1.82, 2.24) is 9.88 Å². The molecule has 0 aliphatic rings. The van der Waals surface area contributed by atoms with Crippen LogP contribution in [0.15, 0.2) is 29.8 Å². The van der Waals surface area contributed by atoms with Crippen LogP contribution in [-0.2, 0) is 24.3 Å². The standard InChI is InChI=1S/C15H19N3OS/c1-11-14(20-10-17-11)9-18(2)15(19)7-12-5-3-4-6-13(12)8-16/h3-6,10H,7-9,16H2,1-2H3. The molecule has 0 atom stereocenters. The molecule has 0 saturated heterocycles. The van der Waals surface area contributed by atoms with E-state index in [1.165, 1.54) is 0 Å². The number of amides is 1. The lowest BCUT2D eigenvalue weighted by Gasteiger charge is -2.17. The van der Waals surface area contributed by atoms with E-state index >= 15 is 0 Å². The summed E-state index contributed by atoms with van der Waals surface area (Å²) in [6.45, 7) is 3.04. The molecule has 20 heavy (non-hydrogen) atoms. The Balaban J connectivity index is 2.02. The van der Waals surface area contributed by atoms with Crippen LogP contribution >= 0.6 is 11.3 Å². The van der Waals surface area contributed by atoms with Crippen LogP contribution in [0.1, 0.15) is 21.7 Å². The normalized spacial score (nSPS) is 10.6. The maximum Gasteiger partial charge on any atom is 0.227 e. The van der Waals surface area contributed by atoms with Crippen LogP contribution < -0.4 is 5.73 Å². The van der Waals surface area contributed by atoms with E-state index in [9.17, 15) is 4.79 Å². The topological polar surface area (TPSA) is 59.2 Å². The Labute approximate surface area is 123 Å². The number of nitrogens with zero attached hydrogens (tertiary/aromatic N) is 2. The van der Waals surface area contributed by atoms with Crippen molar-refractivity contribution >= 4 is 17.2 Å². The van der Waals surface area contributed by atoms with Crippen LogP contribution in [0.4, 0.5) is 0 Å².